The first-order valence-corrected chi connectivity index (χ1v) is 9.34. The number of ether oxygens (including phenoxy) is 1. The molecule has 1 aliphatic rings. The molecule has 0 N–H and O–H groups in total. The third kappa shape index (κ3) is 3.05. The molecule has 1 fully saturated rings. The number of amides is 1. The van der Waals surface area contributed by atoms with Crippen molar-refractivity contribution >= 4 is 16.9 Å². The van der Waals surface area contributed by atoms with Gasteiger partial charge in [-0.1, -0.05) is 12.1 Å². The third-order valence-electron chi connectivity index (χ3n) is 5.21. The van der Waals surface area contributed by atoms with Gasteiger partial charge in [0.2, 0.25) is 0 Å². The zero-order valence-electron chi connectivity index (χ0n) is 15.9. The minimum Gasteiger partial charge on any atom is -0.496 e. The van der Waals surface area contributed by atoms with E-state index >= 15 is 0 Å². The normalized spacial score (nSPS) is 17.0. The van der Waals surface area contributed by atoms with Gasteiger partial charge in [0.1, 0.15) is 11.6 Å². The summed E-state index contributed by atoms with van der Waals surface area (Å²) in [7, 11) is 1.60. The standard InChI is InChI=1S/C21H24N4O2/c1-14(2)25-18-12-22-10-8-17(18)23-20(25)15-9-11-24(13-15)21(26)16-6-4-5-7-19(16)27-3/h4-8,10,12,14-15H,9,11,13H2,1-3H3/t15-/m0/s1. The second-order valence-corrected chi connectivity index (χ2v) is 7.24. The van der Waals surface area contributed by atoms with Crippen LogP contribution in [0.4, 0.5) is 0 Å². The van der Waals surface area contributed by atoms with Crippen molar-refractivity contribution in [3.05, 3.63) is 54.1 Å². The van der Waals surface area contributed by atoms with E-state index in [1.165, 1.54) is 0 Å². The molecule has 4 rings (SSSR count). The number of rotatable bonds is 4. The topological polar surface area (TPSA) is 60.2 Å². The highest BCUT2D eigenvalue weighted by Crippen LogP contribution is 2.33. The van der Waals surface area contributed by atoms with Crippen molar-refractivity contribution in [3.63, 3.8) is 0 Å². The Kier molecular flexibility index (Phi) is 4.56. The van der Waals surface area contributed by atoms with E-state index in [4.69, 9.17) is 9.72 Å². The lowest BCUT2D eigenvalue weighted by molar-refractivity contribution is 0.0787. The SMILES string of the molecule is COc1ccccc1C(=O)N1CC[C@H](c2nc3ccncc3n2C(C)C)C1. The Labute approximate surface area is 158 Å². The molecule has 2 aromatic heterocycles. The molecule has 1 aliphatic heterocycles. The summed E-state index contributed by atoms with van der Waals surface area (Å²) in [5, 5.41) is 0. The molecule has 0 saturated carbocycles. The fourth-order valence-electron chi connectivity index (χ4n) is 3.94. The Morgan fingerprint density at radius 2 is 2.07 bits per heavy atom. The highest BCUT2D eigenvalue weighted by Gasteiger charge is 2.32. The molecule has 0 spiro atoms. The van der Waals surface area contributed by atoms with Crippen LogP contribution in [0.15, 0.2) is 42.7 Å². The zero-order chi connectivity index (χ0) is 19.0. The molecule has 27 heavy (non-hydrogen) atoms. The van der Waals surface area contributed by atoms with E-state index in [2.05, 4.69) is 23.4 Å². The van der Waals surface area contributed by atoms with Crippen LogP contribution in [0, 0.1) is 0 Å². The number of imidazole rings is 1. The van der Waals surface area contributed by atoms with Crippen LogP contribution in [0.5, 0.6) is 5.75 Å². The lowest BCUT2D eigenvalue weighted by Crippen LogP contribution is -2.29. The van der Waals surface area contributed by atoms with Crippen molar-refractivity contribution in [2.24, 2.45) is 0 Å². The molecule has 0 radical (unpaired) electrons. The number of hydrogen-bond acceptors (Lipinski definition) is 4. The second kappa shape index (κ2) is 7.02. The van der Waals surface area contributed by atoms with Gasteiger partial charge in [-0.3, -0.25) is 9.78 Å². The Morgan fingerprint density at radius 3 is 2.85 bits per heavy atom. The first kappa shape index (κ1) is 17.5. The average molecular weight is 364 g/mol. The molecule has 3 aromatic rings. The molecule has 1 atom stereocenters. The van der Waals surface area contributed by atoms with Gasteiger partial charge in [-0.15, -0.1) is 0 Å². The van der Waals surface area contributed by atoms with Crippen molar-refractivity contribution in [3.8, 4) is 5.75 Å². The van der Waals surface area contributed by atoms with Crippen LogP contribution in [-0.2, 0) is 0 Å². The van der Waals surface area contributed by atoms with Crippen LogP contribution in [-0.4, -0.2) is 45.5 Å². The number of likely N-dealkylation sites (tertiary alicyclic amines) is 1. The summed E-state index contributed by atoms with van der Waals surface area (Å²) in [5.41, 5.74) is 2.63. The number of methoxy groups -OCH3 is 1. The molecule has 0 bridgehead atoms. The van der Waals surface area contributed by atoms with E-state index in [9.17, 15) is 4.79 Å². The maximum atomic E-state index is 13.0. The molecule has 6 nitrogen and oxygen atoms in total. The molecule has 6 heteroatoms. The van der Waals surface area contributed by atoms with Crippen LogP contribution in [0.3, 0.4) is 0 Å². The highest BCUT2D eigenvalue weighted by atomic mass is 16.5. The molecular formula is C21H24N4O2. The van der Waals surface area contributed by atoms with E-state index in [1.54, 1.807) is 13.3 Å². The molecule has 3 heterocycles. The smallest absolute Gasteiger partial charge is 0.257 e. The number of hydrogen-bond donors (Lipinski definition) is 0. The third-order valence-corrected chi connectivity index (χ3v) is 5.21. The lowest BCUT2D eigenvalue weighted by Gasteiger charge is -2.19. The number of pyridine rings is 1. The summed E-state index contributed by atoms with van der Waals surface area (Å²) in [6.45, 7) is 5.70. The monoisotopic (exact) mass is 364 g/mol. The molecule has 140 valence electrons. The Hall–Kier alpha value is -2.89. The fourth-order valence-corrected chi connectivity index (χ4v) is 3.94. The molecule has 1 amide bonds. The molecular weight excluding hydrogens is 340 g/mol. The van der Waals surface area contributed by atoms with Gasteiger partial charge in [0.15, 0.2) is 0 Å². The predicted molar refractivity (Wildman–Crippen MR) is 104 cm³/mol. The first-order chi connectivity index (χ1) is 13.1. The molecule has 1 aromatic carbocycles. The van der Waals surface area contributed by atoms with Gasteiger partial charge in [-0.05, 0) is 38.5 Å². The summed E-state index contributed by atoms with van der Waals surface area (Å²) >= 11 is 0. The van der Waals surface area contributed by atoms with E-state index < -0.39 is 0 Å². The van der Waals surface area contributed by atoms with Crippen LogP contribution < -0.4 is 4.74 Å². The van der Waals surface area contributed by atoms with E-state index in [-0.39, 0.29) is 17.9 Å². The Bertz CT molecular complexity index is 979. The number of benzene rings is 1. The van der Waals surface area contributed by atoms with Gasteiger partial charge in [-0.2, -0.15) is 0 Å². The van der Waals surface area contributed by atoms with E-state index in [0.29, 0.717) is 17.9 Å². The summed E-state index contributed by atoms with van der Waals surface area (Å²) in [6, 6.07) is 9.63. The minimum atomic E-state index is 0.0174. The van der Waals surface area contributed by atoms with Crippen LogP contribution >= 0.6 is 0 Å². The van der Waals surface area contributed by atoms with Crippen LogP contribution in [0.2, 0.25) is 0 Å². The first-order valence-electron chi connectivity index (χ1n) is 9.34. The van der Waals surface area contributed by atoms with E-state index in [0.717, 1.165) is 29.8 Å². The van der Waals surface area contributed by atoms with Crippen LogP contribution in [0.25, 0.3) is 11.0 Å². The van der Waals surface area contributed by atoms with Gasteiger partial charge >= 0.3 is 0 Å². The number of para-hydroxylation sites is 1. The summed E-state index contributed by atoms with van der Waals surface area (Å²) < 4.78 is 7.61. The van der Waals surface area contributed by atoms with Gasteiger partial charge in [-0.25, -0.2) is 4.98 Å². The minimum absolute atomic E-state index is 0.0174. The maximum Gasteiger partial charge on any atom is 0.257 e. The highest BCUT2D eigenvalue weighted by molar-refractivity contribution is 5.97. The Morgan fingerprint density at radius 1 is 1.26 bits per heavy atom. The molecule has 0 aliphatic carbocycles. The fraction of sp³-hybridized carbons (Fsp3) is 0.381. The van der Waals surface area contributed by atoms with Crippen molar-refractivity contribution in [2.75, 3.05) is 20.2 Å². The summed E-state index contributed by atoms with van der Waals surface area (Å²) in [6.07, 6.45) is 4.55. The quantitative estimate of drug-likeness (QED) is 0.709. The number of carbonyl (C=O) groups excluding carboxylic acids is 1. The maximum absolute atomic E-state index is 13.0. The predicted octanol–water partition coefficient (Wildman–Crippen LogP) is 3.65. The van der Waals surface area contributed by atoms with Crippen molar-refractivity contribution < 1.29 is 9.53 Å². The van der Waals surface area contributed by atoms with Gasteiger partial charge in [0.05, 0.1) is 29.9 Å². The summed E-state index contributed by atoms with van der Waals surface area (Å²) in [4.78, 5) is 24.0. The van der Waals surface area contributed by atoms with Crippen molar-refractivity contribution in [1.82, 2.24) is 19.4 Å². The van der Waals surface area contributed by atoms with Crippen LogP contribution in [0.1, 0.15) is 48.4 Å². The zero-order valence-corrected chi connectivity index (χ0v) is 15.9. The number of nitrogens with zero attached hydrogens (tertiary/aromatic N) is 4. The molecule has 0 unspecified atom stereocenters. The second-order valence-electron chi connectivity index (χ2n) is 7.24. The molecule has 1 saturated heterocycles. The number of carbonyl (C=O) groups is 1. The van der Waals surface area contributed by atoms with Crippen molar-refractivity contribution in [1.29, 1.82) is 0 Å². The van der Waals surface area contributed by atoms with Gasteiger partial charge < -0.3 is 14.2 Å². The Balaban J connectivity index is 1.63. The summed E-state index contributed by atoms with van der Waals surface area (Å²) in [5.74, 6) is 1.90. The van der Waals surface area contributed by atoms with Gasteiger partial charge in [0, 0.05) is 31.2 Å². The number of fused-ring (bicyclic) bond motifs is 1. The van der Waals surface area contributed by atoms with Crippen molar-refractivity contribution in [2.45, 2.75) is 32.2 Å². The largest absolute Gasteiger partial charge is 0.496 e. The van der Waals surface area contributed by atoms with Gasteiger partial charge in [0.25, 0.3) is 5.91 Å². The average Bonchev–Trinajstić information content (AvgIpc) is 3.31. The van der Waals surface area contributed by atoms with E-state index in [1.807, 2.05) is 41.4 Å². The number of aromatic nitrogens is 3. The lowest BCUT2D eigenvalue weighted by atomic mass is 10.1.